The molecule has 3 aromatic rings. The van der Waals surface area contributed by atoms with E-state index in [0.29, 0.717) is 5.92 Å². The summed E-state index contributed by atoms with van der Waals surface area (Å²) >= 11 is 5.15. The lowest BCUT2D eigenvalue weighted by molar-refractivity contribution is 0.395. The van der Waals surface area contributed by atoms with Crippen LogP contribution in [-0.2, 0) is 7.05 Å². The van der Waals surface area contributed by atoms with Crippen LogP contribution in [0, 0.1) is 6.92 Å². The van der Waals surface area contributed by atoms with Gasteiger partial charge in [-0.1, -0.05) is 17.8 Å². The van der Waals surface area contributed by atoms with Gasteiger partial charge < -0.3 is 0 Å². The Bertz CT molecular complexity index is 796. The van der Waals surface area contributed by atoms with Crippen molar-refractivity contribution in [2.75, 3.05) is 0 Å². The molecule has 0 saturated heterocycles. The third kappa shape index (κ3) is 1.67. The van der Waals surface area contributed by atoms with Gasteiger partial charge in [-0.25, -0.2) is 0 Å². The van der Waals surface area contributed by atoms with Gasteiger partial charge in [0.25, 0.3) is 0 Å². The minimum absolute atomic E-state index is 0.525. The molecule has 1 saturated carbocycles. The van der Waals surface area contributed by atoms with Gasteiger partial charge in [0.05, 0.1) is 10.2 Å². The van der Waals surface area contributed by atoms with Crippen molar-refractivity contribution in [3.8, 4) is 10.7 Å². The van der Waals surface area contributed by atoms with E-state index in [1.807, 2.05) is 23.2 Å². The smallest absolute Gasteiger partial charge is 0.235 e. The molecule has 6 nitrogen and oxygen atoms in total. The molecule has 1 aliphatic carbocycles. The summed E-state index contributed by atoms with van der Waals surface area (Å²) in [6, 6.07) is 0. The molecule has 0 amide bonds. The molecule has 0 aliphatic heterocycles. The second-order valence-electron chi connectivity index (χ2n) is 5.16. The number of halogens is 1. The van der Waals surface area contributed by atoms with Crippen LogP contribution in [0.3, 0.4) is 0 Å². The minimum atomic E-state index is 0.525. The van der Waals surface area contributed by atoms with Gasteiger partial charge in [0.1, 0.15) is 5.69 Å². The quantitative estimate of drug-likeness (QED) is 0.711. The zero-order chi connectivity index (χ0) is 13.9. The SMILES string of the molecule is Cc1nn(C)c(-c2nn3c(C4CCC4)nnc3s2)c1Br. The first-order valence-corrected chi connectivity index (χ1v) is 8.17. The zero-order valence-corrected chi connectivity index (χ0v) is 13.6. The normalized spacial score (nSPS) is 15.9. The average Bonchev–Trinajstić information content (AvgIpc) is 2.95. The monoisotopic (exact) mass is 352 g/mol. The van der Waals surface area contributed by atoms with Crippen molar-refractivity contribution >= 4 is 32.2 Å². The Morgan fingerprint density at radius 3 is 2.65 bits per heavy atom. The largest absolute Gasteiger partial charge is 0.264 e. The Kier molecular flexibility index (Phi) is 2.71. The van der Waals surface area contributed by atoms with Gasteiger partial charge in [-0.3, -0.25) is 4.68 Å². The van der Waals surface area contributed by atoms with E-state index in [1.165, 1.54) is 19.3 Å². The molecule has 0 aromatic carbocycles. The Balaban J connectivity index is 1.86. The van der Waals surface area contributed by atoms with Gasteiger partial charge in [-0.2, -0.15) is 14.7 Å². The molecule has 3 aromatic heterocycles. The number of hydrogen-bond acceptors (Lipinski definition) is 5. The molecule has 0 radical (unpaired) electrons. The summed E-state index contributed by atoms with van der Waals surface area (Å²) in [6.45, 7) is 1.98. The molecule has 104 valence electrons. The summed E-state index contributed by atoms with van der Waals surface area (Å²) in [5.41, 5.74) is 1.96. The van der Waals surface area contributed by atoms with E-state index in [4.69, 9.17) is 5.10 Å². The first kappa shape index (κ1) is 12.5. The molecule has 20 heavy (non-hydrogen) atoms. The fourth-order valence-electron chi connectivity index (χ4n) is 2.51. The predicted molar refractivity (Wildman–Crippen MR) is 79.9 cm³/mol. The molecular formula is C12H13BrN6S. The lowest BCUT2D eigenvalue weighted by Crippen LogP contribution is -2.13. The molecule has 3 heterocycles. The predicted octanol–water partition coefficient (Wildman–Crippen LogP) is 2.92. The number of aryl methyl sites for hydroxylation is 2. The van der Waals surface area contributed by atoms with Crippen LogP contribution in [0.1, 0.15) is 36.7 Å². The lowest BCUT2D eigenvalue weighted by atomic mass is 9.85. The molecule has 0 atom stereocenters. The maximum absolute atomic E-state index is 4.70. The summed E-state index contributed by atoms with van der Waals surface area (Å²) in [5, 5.41) is 18.6. The first-order chi connectivity index (χ1) is 9.65. The summed E-state index contributed by atoms with van der Waals surface area (Å²) in [6.07, 6.45) is 3.67. The number of aromatic nitrogens is 6. The van der Waals surface area contributed by atoms with Gasteiger partial charge >= 0.3 is 0 Å². The van der Waals surface area contributed by atoms with Crippen LogP contribution in [0.25, 0.3) is 15.7 Å². The highest BCUT2D eigenvalue weighted by molar-refractivity contribution is 9.10. The molecule has 1 fully saturated rings. The van der Waals surface area contributed by atoms with Crippen molar-refractivity contribution in [3.63, 3.8) is 0 Å². The maximum Gasteiger partial charge on any atom is 0.235 e. The Labute approximate surface area is 128 Å². The van der Waals surface area contributed by atoms with Crippen LogP contribution >= 0.6 is 27.3 Å². The van der Waals surface area contributed by atoms with Gasteiger partial charge in [0.15, 0.2) is 10.8 Å². The van der Waals surface area contributed by atoms with Crippen molar-refractivity contribution in [2.24, 2.45) is 7.05 Å². The summed E-state index contributed by atoms with van der Waals surface area (Å²) < 4.78 is 4.75. The first-order valence-electron chi connectivity index (χ1n) is 6.56. The average molecular weight is 353 g/mol. The van der Waals surface area contributed by atoms with E-state index >= 15 is 0 Å². The van der Waals surface area contributed by atoms with Gasteiger partial charge in [-0.15, -0.1) is 10.2 Å². The molecule has 0 spiro atoms. The molecule has 8 heteroatoms. The molecule has 1 aliphatic rings. The molecule has 0 unspecified atom stereocenters. The fourth-order valence-corrected chi connectivity index (χ4v) is 4.10. The molecular weight excluding hydrogens is 340 g/mol. The van der Waals surface area contributed by atoms with Gasteiger partial charge in [-0.05, 0) is 35.7 Å². The van der Waals surface area contributed by atoms with Crippen LogP contribution in [0.2, 0.25) is 0 Å². The second-order valence-corrected chi connectivity index (χ2v) is 6.91. The van der Waals surface area contributed by atoms with Gasteiger partial charge in [0, 0.05) is 13.0 Å². The van der Waals surface area contributed by atoms with Crippen molar-refractivity contribution < 1.29 is 0 Å². The molecule has 0 N–H and O–H groups in total. The highest BCUT2D eigenvalue weighted by Crippen LogP contribution is 2.37. The third-order valence-corrected chi connectivity index (χ3v) is 5.69. The van der Waals surface area contributed by atoms with Crippen molar-refractivity contribution in [1.29, 1.82) is 0 Å². The fraction of sp³-hybridized carbons (Fsp3) is 0.500. The Morgan fingerprint density at radius 2 is 2.05 bits per heavy atom. The number of nitrogens with zero attached hydrogens (tertiary/aromatic N) is 6. The van der Waals surface area contributed by atoms with E-state index in [9.17, 15) is 0 Å². The highest BCUT2D eigenvalue weighted by atomic mass is 79.9. The maximum atomic E-state index is 4.70. The summed E-state index contributed by atoms with van der Waals surface area (Å²) in [7, 11) is 1.93. The highest BCUT2D eigenvalue weighted by Gasteiger charge is 2.27. The standard InChI is InChI=1S/C12H13BrN6S/c1-6-8(13)9(18(2)16-6)11-17-19-10(7-4-3-5-7)14-15-12(19)20-11/h7H,3-5H2,1-2H3. The van der Waals surface area contributed by atoms with E-state index in [0.717, 1.165) is 31.7 Å². The van der Waals surface area contributed by atoms with Crippen LogP contribution in [0.15, 0.2) is 4.47 Å². The zero-order valence-electron chi connectivity index (χ0n) is 11.2. The Morgan fingerprint density at radius 1 is 1.25 bits per heavy atom. The van der Waals surface area contributed by atoms with Crippen molar-refractivity contribution in [1.82, 2.24) is 29.6 Å². The van der Waals surface area contributed by atoms with E-state index < -0.39 is 0 Å². The number of fused-ring (bicyclic) bond motifs is 1. The van der Waals surface area contributed by atoms with Crippen LogP contribution in [-0.4, -0.2) is 29.6 Å². The van der Waals surface area contributed by atoms with Crippen molar-refractivity contribution in [3.05, 3.63) is 16.0 Å². The molecule has 0 bridgehead atoms. The Hall–Kier alpha value is -1.28. The van der Waals surface area contributed by atoms with Crippen LogP contribution in [0.5, 0.6) is 0 Å². The minimum Gasteiger partial charge on any atom is -0.264 e. The third-order valence-electron chi connectivity index (χ3n) is 3.84. The number of hydrogen-bond donors (Lipinski definition) is 0. The number of rotatable bonds is 2. The lowest BCUT2D eigenvalue weighted by Gasteiger charge is -2.22. The van der Waals surface area contributed by atoms with E-state index in [1.54, 1.807) is 11.3 Å². The van der Waals surface area contributed by atoms with Crippen LogP contribution < -0.4 is 0 Å². The van der Waals surface area contributed by atoms with E-state index in [-0.39, 0.29) is 0 Å². The van der Waals surface area contributed by atoms with E-state index in [2.05, 4.69) is 31.2 Å². The molecule has 4 rings (SSSR count). The topological polar surface area (TPSA) is 60.9 Å². The van der Waals surface area contributed by atoms with Crippen molar-refractivity contribution in [2.45, 2.75) is 32.1 Å². The second kappa shape index (κ2) is 4.36. The van der Waals surface area contributed by atoms with Gasteiger partial charge in [0.2, 0.25) is 4.96 Å². The van der Waals surface area contributed by atoms with Crippen LogP contribution in [0.4, 0.5) is 0 Å². The summed E-state index contributed by atoms with van der Waals surface area (Å²) in [4.78, 5) is 0.854. The summed E-state index contributed by atoms with van der Waals surface area (Å²) in [5.74, 6) is 1.53.